The fourth-order valence-electron chi connectivity index (χ4n) is 3.94. The molecule has 0 aliphatic rings. The number of amides is 1. The highest BCUT2D eigenvalue weighted by Gasteiger charge is 2.21. The Morgan fingerprint density at radius 1 is 1.12 bits per heavy atom. The van der Waals surface area contributed by atoms with Crippen LogP contribution in [0.2, 0.25) is 0 Å². The molecule has 166 valence electrons. The number of imidazole rings is 1. The van der Waals surface area contributed by atoms with Gasteiger partial charge in [0.2, 0.25) is 0 Å². The Kier molecular flexibility index (Phi) is 4.77. The normalized spacial score (nSPS) is 11.5. The summed E-state index contributed by atoms with van der Waals surface area (Å²) in [6.07, 6.45) is 10.8. The third kappa shape index (κ3) is 3.45. The molecule has 0 fully saturated rings. The molecule has 0 bridgehead atoms. The minimum absolute atomic E-state index is 0.150. The molecule has 5 heterocycles. The molecule has 0 spiro atoms. The van der Waals surface area contributed by atoms with Crippen molar-refractivity contribution in [3.8, 4) is 22.6 Å². The summed E-state index contributed by atoms with van der Waals surface area (Å²) < 4.78 is 5.49. The largest absolute Gasteiger partial charge is 0.364 e. The van der Waals surface area contributed by atoms with Gasteiger partial charge in [0.05, 0.1) is 46.9 Å². The van der Waals surface area contributed by atoms with Gasteiger partial charge in [-0.25, -0.2) is 19.6 Å². The number of carbonyl (C=O) groups excluding carboxylic acids is 1. The van der Waals surface area contributed by atoms with Crippen molar-refractivity contribution >= 4 is 16.9 Å². The molecular formula is C23H23N9O. The van der Waals surface area contributed by atoms with Crippen LogP contribution >= 0.6 is 0 Å². The highest BCUT2D eigenvalue weighted by Crippen LogP contribution is 2.31. The third-order valence-corrected chi connectivity index (χ3v) is 5.52. The minimum atomic E-state index is -0.558. The van der Waals surface area contributed by atoms with E-state index < -0.39 is 5.91 Å². The van der Waals surface area contributed by atoms with Crippen LogP contribution in [0.25, 0.3) is 33.7 Å². The van der Waals surface area contributed by atoms with Crippen molar-refractivity contribution in [1.29, 1.82) is 0 Å². The Bertz CT molecular complexity index is 1510. The quantitative estimate of drug-likeness (QED) is 0.447. The number of pyridine rings is 2. The number of hydrogen-bond acceptors (Lipinski definition) is 6. The SMILES string of the molecule is Cc1cc(-n2nc(C(C)C)c3c(-n4cnc(-c5cnn(C)c5)c4)ccnc32)cnc1C(N)=O. The minimum Gasteiger partial charge on any atom is -0.364 e. The second-order valence-corrected chi connectivity index (χ2v) is 8.27. The maximum absolute atomic E-state index is 11.6. The lowest BCUT2D eigenvalue weighted by molar-refractivity contribution is 0.0995. The van der Waals surface area contributed by atoms with E-state index in [1.54, 1.807) is 41.2 Å². The monoisotopic (exact) mass is 441 g/mol. The molecule has 5 aromatic rings. The summed E-state index contributed by atoms with van der Waals surface area (Å²) in [7, 11) is 1.88. The van der Waals surface area contributed by atoms with Gasteiger partial charge in [-0.05, 0) is 30.5 Å². The summed E-state index contributed by atoms with van der Waals surface area (Å²) in [5, 5.41) is 10.0. The van der Waals surface area contributed by atoms with E-state index in [4.69, 9.17) is 10.8 Å². The van der Waals surface area contributed by atoms with Crippen LogP contribution in [-0.4, -0.2) is 45.0 Å². The fraction of sp³-hybridized carbons (Fsp3) is 0.217. The Balaban J connectivity index is 1.69. The van der Waals surface area contributed by atoms with E-state index in [0.717, 1.165) is 28.0 Å². The van der Waals surface area contributed by atoms with Gasteiger partial charge in [0, 0.05) is 31.2 Å². The van der Waals surface area contributed by atoms with E-state index in [0.29, 0.717) is 16.9 Å². The Labute approximate surface area is 189 Å². The number of fused-ring (bicyclic) bond motifs is 1. The van der Waals surface area contributed by atoms with Gasteiger partial charge in [-0.15, -0.1) is 0 Å². The third-order valence-electron chi connectivity index (χ3n) is 5.52. The molecule has 0 aliphatic carbocycles. The van der Waals surface area contributed by atoms with Crippen LogP contribution in [0.3, 0.4) is 0 Å². The molecule has 0 aromatic carbocycles. The van der Waals surface area contributed by atoms with E-state index >= 15 is 0 Å². The first-order chi connectivity index (χ1) is 15.8. The van der Waals surface area contributed by atoms with Crippen LogP contribution < -0.4 is 5.73 Å². The highest BCUT2D eigenvalue weighted by atomic mass is 16.1. The van der Waals surface area contributed by atoms with Crippen molar-refractivity contribution in [2.24, 2.45) is 12.8 Å². The predicted molar refractivity (Wildman–Crippen MR) is 123 cm³/mol. The number of hydrogen-bond donors (Lipinski definition) is 1. The van der Waals surface area contributed by atoms with Gasteiger partial charge in [0.25, 0.3) is 5.91 Å². The number of carbonyl (C=O) groups is 1. The lowest BCUT2D eigenvalue weighted by Crippen LogP contribution is -2.15. The van der Waals surface area contributed by atoms with E-state index in [1.807, 2.05) is 36.1 Å². The zero-order chi connectivity index (χ0) is 23.3. The van der Waals surface area contributed by atoms with Crippen molar-refractivity contribution < 1.29 is 4.79 Å². The molecule has 10 heteroatoms. The Morgan fingerprint density at radius 3 is 2.61 bits per heavy atom. The zero-order valence-electron chi connectivity index (χ0n) is 18.8. The number of aromatic nitrogens is 8. The van der Waals surface area contributed by atoms with Crippen LogP contribution in [0.5, 0.6) is 0 Å². The van der Waals surface area contributed by atoms with Gasteiger partial charge >= 0.3 is 0 Å². The second kappa shape index (κ2) is 7.66. The summed E-state index contributed by atoms with van der Waals surface area (Å²) in [4.78, 5) is 25.0. The summed E-state index contributed by atoms with van der Waals surface area (Å²) in [6.45, 7) is 5.99. The van der Waals surface area contributed by atoms with Gasteiger partial charge in [-0.3, -0.25) is 9.48 Å². The van der Waals surface area contributed by atoms with Crippen molar-refractivity contribution in [3.63, 3.8) is 0 Å². The predicted octanol–water partition coefficient (Wildman–Crippen LogP) is 2.93. The molecular weight excluding hydrogens is 418 g/mol. The van der Waals surface area contributed by atoms with Gasteiger partial charge in [-0.1, -0.05) is 13.8 Å². The Morgan fingerprint density at radius 2 is 1.94 bits per heavy atom. The van der Waals surface area contributed by atoms with E-state index in [1.165, 1.54) is 0 Å². The highest BCUT2D eigenvalue weighted by molar-refractivity contribution is 5.92. The van der Waals surface area contributed by atoms with Crippen LogP contribution in [0, 0.1) is 6.92 Å². The van der Waals surface area contributed by atoms with Gasteiger partial charge in [-0.2, -0.15) is 10.2 Å². The molecule has 33 heavy (non-hydrogen) atoms. The standard InChI is InChI=1S/C23H23N9O/c1-13(2)20-19-18(31-11-17(27-12-31)15-8-28-30(4)10-15)5-6-25-23(19)32(29-20)16-7-14(3)21(22(24)33)26-9-16/h5-13H,1-4H3,(H2,24,33). The van der Waals surface area contributed by atoms with Gasteiger partial charge in [0.15, 0.2) is 5.65 Å². The molecule has 0 aliphatic heterocycles. The molecule has 0 saturated heterocycles. The average Bonchev–Trinajstić information content (AvgIpc) is 3.51. The lowest BCUT2D eigenvalue weighted by Gasteiger charge is -2.07. The van der Waals surface area contributed by atoms with Crippen LogP contribution in [0.1, 0.15) is 41.5 Å². The molecule has 5 rings (SSSR count). The topological polar surface area (TPSA) is 122 Å². The molecule has 10 nitrogen and oxygen atoms in total. The zero-order valence-corrected chi connectivity index (χ0v) is 18.8. The first kappa shape index (κ1) is 20.6. The first-order valence-corrected chi connectivity index (χ1v) is 10.5. The fourth-order valence-corrected chi connectivity index (χ4v) is 3.94. The smallest absolute Gasteiger partial charge is 0.267 e. The van der Waals surface area contributed by atoms with Crippen LogP contribution in [0.15, 0.2) is 49.4 Å². The second-order valence-electron chi connectivity index (χ2n) is 8.27. The van der Waals surface area contributed by atoms with Crippen molar-refractivity contribution in [2.45, 2.75) is 26.7 Å². The number of aryl methyl sites for hydroxylation is 2. The van der Waals surface area contributed by atoms with Crippen molar-refractivity contribution in [3.05, 3.63) is 66.4 Å². The van der Waals surface area contributed by atoms with E-state index in [9.17, 15) is 4.79 Å². The molecule has 0 saturated carbocycles. The number of nitrogens with two attached hydrogens (primary N) is 1. The summed E-state index contributed by atoms with van der Waals surface area (Å²) in [5.41, 5.74) is 11.3. The average molecular weight is 441 g/mol. The van der Waals surface area contributed by atoms with Gasteiger partial charge in [0.1, 0.15) is 5.69 Å². The molecule has 5 aromatic heterocycles. The number of primary amides is 1. The molecule has 2 N–H and O–H groups in total. The molecule has 0 atom stereocenters. The number of rotatable bonds is 5. The van der Waals surface area contributed by atoms with Crippen molar-refractivity contribution in [1.82, 2.24) is 39.1 Å². The number of nitrogens with zero attached hydrogens (tertiary/aromatic N) is 8. The summed E-state index contributed by atoms with van der Waals surface area (Å²) in [6, 6.07) is 3.80. The van der Waals surface area contributed by atoms with E-state index in [2.05, 4.69) is 33.9 Å². The maximum atomic E-state index is 11.6. The van der Waals surface area contributed by atoms with Gasteiger partial charge < -0.3 is 10.3 Å². The lowest BCUT2D eigenvalue weighted by atomic mass is 10.1. The van der Waals surface area contributed by atoms with E-state index in [-0.39, 0.29) is 11.6 Å². The molecule has 1 amide bonds. The maximum Gasteiger partial charge on any atom is 0.267 e. The van der Waals surface area contributed by atoms with Crippen LogP contribution in [-0.2, 0) is 7.05 Å². The van der Waals surface area contributed by atoms with Crippen LogP contribution in [0.4, 0.5) is 0 Å². The summed E-state index contributed by atoms with van der Waals surface area (Å²) >= 11 is 0. The molecule has 0 unspecified atom stereocenters. The van der Waals surface area contributed by atoms with Crippen molar-refractivity contribution in [2.75, 3.05) is 0 Å². The Hall–Kier alpha value is -4.34. The molecule has 0 radical (unpaired) electrons. The summed E-state index contributed by atoms with van der Waals surface area (Å²) in [5.74, 6) is -0.408. The first-order valence-electron chi connectivity index (χ1n) is 10.5.